The first-order valence-corrected chi connectivity index (χ1v) is 8.35. The molecule has 0 spiro atoms. The Balaban J connectivity index is 0.000000192. The van der Waals surface area contributed by atoms with Crippen LogP contribution in [0.4, 0.5) is 5.82 Å². The number of nitrogens with zero attached hydrogens (tertiary/aromatic N) is 4. The van der Waals surface area contributed by atoms with Crippen LogP contribution in [-0.2, 0) is 4.79 Å². The van der Waals surface area contributed by atoms with Crippen LogP contribution in [0.1, 0.15) is 18.4 Å². The number of aromatic nitrogens is 4. The highest BCUT2D eigenvalue weighted by atomic mass is 35.5. The fourth-order valence-corrected chi connectivity index (χ4v) is 2.58. The summed E-state index contributed by atoms with van der Waals surface area (Å²) in [4.78, 5) is 21.1. The number of nitrogens with one attached hydrogen (secondary N) is 1. The van der Waals surface area contributed by atoms with E-state index >= 15 is 0 Å². The number of amides is 1. The molecule has 1 saturated heterocycles. The smallest absolute Gasteiger partial charge is 0.228 e. The zero-order chi connectivity index (χ0) is 17.6. The van der Waals surface area contributed by atoms with E-state index in [0.29, 0.717) is 17.4 Å². The monoisotopic (exact) mass is 355 g/mol. The Morgan fingerprint density at radius 1 is 1.20 bits per heavy atom. The van der Waals surface area contributed by atoms with Crippen LogP contribution in [0.25, 0.3) is 11.3 Å². The predicted octanol–water partition coefficient (Wildman–Crippen LogP) is 3.64. The summed E-state index contributed by atoms with van der Waals surface area (Å²) in [5.74, 6) is 0.858. The molecule has 7 heteroatoms. The van der Waals surface area contributed by atoms with E-state index in [2.05, 4.69) is 20.2 Å². The molecule has 25 heavy (non-hydrogen) atoms. The second-order valence-corrected chi connectivity index (χ2v) is 6.07. The van der Waals surface area contributed by atoms with E-state index in [4.69, 9.17) is 11.6 Å². The van der Waals surface area contributed by atoms with Gasteiger partial charge in [0.25, 0.3) is 0 Å². The quantitative estimate of drug-likeness (QED) is 0.712. The Labute approximate surface area is 150 Å². The lowest BCUT2D eigenvalue weighted by Gasteiger charge is -2.10. The van der Waals surface area contributed by atoms with Gasteiger partial charge in [-0.1, -0.05) is 17.7 Å². The second-order valence-electron chi connectivity index (χ2n) is 5.68. The second kappa shape index (κ2) is 7.90. The Bertz CT molecular complexity index is 811. The number of carbonyl (C=O) groups excluding carboxylic acids is 1. The number of anilines is 1. The number of halogens is 1. The molecule has 1 aliphatic rings. The SMILES string of the molecule is Cc1ccc(Cl)nc1.O=C1CCCN1c1cc(-c2ccncc2)[nH]n1. The average Bonchev–Trinajstić information content (AvgIpc) is 3.28. The van der Waals surface area contributed by atoms with Crippen LogP contribution in [0.3, 0.4) is 0 Å². The summed E-state index contributed by atoms with van der Waals surface area (Å²) in [5, 5.41) is 7.68. The molecule has 0 saturated carbocycles. The molecule has 0 aliphatic carbocycles. The zero-order valence-electron chi connectivity index (χ0n) is 13.8. The highest BCUT2D eigenvalue weighted by Crippen LogP contribution is 2.24. The molecule has 1 amide bonds. The first-order chi connectivity index (χ1) is 12.1. The van der Waals surface area contributed by atoms with Crippen LogP contribution in [-0.4, -0.2) is 32.6 Å². The summed E-state index contributed by atoms with van der Waals surface area (Å²) < 4.78 is 0. The molecule has 4 heterocycles. The van der Waals surface area contributed by atoms with Crippen molar-refractivity contribution in [2.45, 2.75) is 19.8 Å². The molecule has 3 aromatic heterocycles. The van der Waals surface area contributed by atoms with E-state index in [0.717, 1.165) is 29.8 Å². The number of rotatable bonds is 2. The molecule has 0 unspecified atom stereocenters. The Morgan fingerprint density at radius 3 is 2.60 bits per heavy atom. The van der Waals surface area contributed by atoms with Gasteiger partial charge in [0.15, 0.2) is 5.82 Å². The molecule has 4 rings (SSSR count). The van der Waals surface area contributed by atoms with Gasteiger partial charge in [-0.3, -0.25) is 19.8 Å². The number of carbonyl (C=O) groups is 1. The van der Waals surface area contributed by atoms with Crippen LogP contribution in [0.2, 0.25) is 5.15 Å². The van der Waals surface area contributed by atoms with Crippen LogP contribution in [0.5, 0.6) is 0 Å². The van der Waals surface area contributed by atoms with Gasteiger partial charge in [-0.2, -0.15) is 5.10 Å². The van der Waals surface area contributed by atoms with Gasteiger partial charge in [0.05, 0.1) is 5.69 Å². The minimum Gasteiger partial charge on any atom is -0.295 e. The summed E-state index contributed by atoms with van der Waals surface area (Å²) in [7, 11) is 0. The van der Waals surface area contributed by atoms with Crippen molar-refractivity contribution in [3.63, 3.8) is 0 Å². The van der Waals surface area contributed by atoms with Gasteiger partial charge in [-0.05, 0) is 37.1 Å². The third-order valence-corrected chi connectivity index (χ3v) is 4.00. The van der Waals surface area contributed by atoms with E-state index in [1.807, 2.05) is 31.2 Å². The molecule has 1 N–H and O–H groups in total. The maximum atomic E-state index is 11.6. The van der Waals surface area contributed by atoms with Crippen LogP contribution in [0, 0.1) is 6.92 Å². The van der Waals surface area contributed by atoms with Crippen molar-refractivity contribution >= 4 is 23.3 Å². The van der Waals surface area contributed by atoms with Crippen LogP contribution >= 0.6 is 11.6 Å². The van der Waals surface area contributed by atoms with Gasteiger partial charge in [-0.15, -0.1) is 0 Å². The molecule has 0 bridgehead atoms. The van der Waals surface area contributed by atoms with Crippen LogP contribution < -0.4 is 4.90 Å². The summed E-state index contributed by atoms with van der Waals surface area (Å²) in [6, 6.07) is 9.41. The van der Waals surface area contributed by atoms with Gasteiger partial charge in [-0.25, -0.2) is 4.98 Å². The van der Waals surface area contributed by atoms with Crippen molar-refractivity contribution in [2.75, 3.05) is 11.4 Å². The van der Waals surface area contributed by atoms with Gasteiger partial charge in [0, 0.05) is 43.2 Å². The van der Waals surface area contributed by atoms with Crippen molar-refractivity contribution in [3.8, 4) is 11.3 Å². The summed E-state index contributed by atoms with van der Waals surface area (Å²) in [5.41, 5.74) is 3.06. The Morgan fingerprint density at radius 2 is 2.00 bits per heavy atom. The topological polar surface area (TPSA) is 74.8 Å². The first-order valence-electron chi connectivity index (χ1n) is 7.98. The van der Waals surface area contributed by atoms with Crippen molar-refractivity contribution in [2.24, 2.45) is 0 Å². The van der Waals surface area contributed by atoms with E-state index in [9.17, 15) is 4.79 Å². The van der Waals surface area contributed by atoms with Gasteiger partial charge >= 0.3 is 0 Å². The number of hydrogen-bond donors (Lipinski definition) is 1. The zero-order valence-corrected chi connectivity index (χ0v) is 14.6. The fourth-order valence-electron chi connectivity index (χ4n) is 2.47. The summed E-state index contributed by atoms with van der Waals surface area (Å²) in [6.07, 6.45) is 6.74. The minimum atomic E-state index is 0.151. The lowest BCUT2D eigenvalue weighted by atomic mass is 10.2. The third-order valence-electron chi connectivity index (χ3n) is 3.78. The summed E-state index contributed by atoms with van der Waals surface area (Å²) >= 11 is 5.50. The van der Waals surface area contributed by atoms with E-state index in [-0.39, 0.29) is 5.91 Å². The summed E-state index contributed by atoms with van der Waals surface area (Å²) in [6.45, 7) is 2.74. The van der Waals surface area contributed by atoms with Gasteiger partial charge in [0.1, 0.15) is 5.15 Å². The number of hydrogen-bond acceptors (Lipinski definition) is 4. The molecule has 1 fully saturated rings. The maximum Gasteiger partial charge on any atom is 0.228 e. The molecule has 128 valence electrons. The maximum absolute atomic E-state index is 11.6. The first kappa shape index (κ1) is 17.1. The standard InChI is InChI=1S/C12H12N4O.C6H6ClN/c17-12-2-1-7-16(12)11-8-10(14-15-11)9-3-5-13-6-4-9;1-5-2-3-6(7)8-4-5/h3-6,8H,1-2,7H2,(H,14,15);2-4H,1H3. The van der Waals surface area contributed by atoms with E-state index in [1.54, 1.807) is 29.6 Å². The van der Waals surface area contributed by atoms with E-state index < -0.39 is 0 Å². The number of aromatic amines is 1. The van der Waals surface area contributed by atoms with Gasteiger partial charge in [0.2, 0.25) is 5.91 Å². The molecule has 6 nitrogen and oxygen atoms in total. The molecular formula is C18H18ClN5O. The number of H-pyrrole nitrogens is 1. The molecule has 3 aromatic rings. The van der Waals surface area contributed by atoms with Crippen LogP contribution in [0.15, 0.2) is 48.9 Å². The normalized spacial score (nSPS) is 13.5. The lowest BCUT2D eigenvalue weighted by Crippen LogP contribution is -2.23. The molecule has 0 radical (unpaired) electrons. The van der Waals surface area contributed by atoms with Crippen molar-refractivity contribution in [3.05, 3.63) is 59.6 Å². The predicted molar refractivity (Wildman–Crippen MR) is 97.4 cm³/mol. The van der Waals surface area contributed by atoms with Crippen molar-refractivity contribution < 1.29 is 4.79 Å². The molecule has 1 aliphatic heterocycles. The largest absolute Gasteiger partial charge is 0.295 e. The van der Waals surface area contributed by atoms with Gasteiger partial charge < -0.3 is 0 Å². The third kappa shape index (κ3) is 4.42. The number of pyridine rings is 2. The van der Waals surface area contributed by atoms with Crippen molar-refractivity contribution in [1.82, 2.24) is 20.2 Å². The molecule has 0 atom stereocenters. The highest BCUT2D eigenvalue weighted by molar-refractivity contribution is 6.29. The average molecular weight is 356 g/mol. The Kier molecular flexibility index (Phi) is 5.40. The highest BCUT2D eigenvalue weighted by Gasteiger charge is 2.23. The molecular weight excluding hydrogens is 338 g/mol. The fraction of sp³-hybridized carbons (Fsp3) is 0.222. The van der Waals surface area contributed by atoms with Crippen molar-refractivity contribution in [1.29, 1.82) is 0 Å². The molecule has 0 aromatic carbocycles. The lowest BCUT2D eigenvalue weighted by molar-refractivity contribution is -0.117. The minimum absolute atomic E-state index is 0.151. The Hall–Kier alpha value is -2.73. The number of aryl methyl sites for hydroxylation is 1. The van der Waals surface area contributed by atoms with E-state index in [1.165, 1.54) is 0 Å².